The van der Waals surface area contributed by atoms with Crippen LogP contribution in [-0.4, -0.2) is 32.5 Å². The number of hydrogen-bond acceptors (Lipinski definition) is 2. The molecule has 3 nitrogen and oxygen atoms in total. The highest BCUT2D eigenvalue weighted by Crippen LogP contribution is 2.12. The van der Waals surface area contributed by atoms with Gasteiger partial charge in [0.15, 0.2) is 0 Å². The van der Waals surface area contributed by atoms with Crippen molar-refractivity contribution in [2.75, 3.05) is 26.4 Å². The van der Waals surface area contributed by atoms with E-state index in [1.54, 1.807) is 0 Å². The predicted molar refractivity (Wildman–Crippen MR) is 42.2 cm³/mol. The summed E-state index contributed by atoms with van der Waals surface area (Å²) in [4.78, 5) is 0. The SMILES string of the molecule is [NH3+]CCOC[C@@H]1CCCCO1. The average Bonchev–Trinajstić information content (AvgIpc) is 2.07. The molecular weight excluding hydrogens is 142 g/mol. The van der Waals surface area contributed by atoms with Gasteiger partial charge in [-0.2, -0.15) is 0 Å². The molecule has 3 heteroatoms. The molecule has 1 fully saturated rings. The third-order valence-electron chi connectivity index (χ3n) is 1.87. The monoisotopic (exact) mass is 160 g/mol. The molecule has 0 saturated carbocycles. The molecular formula is C8H18NO2+. The Morgan fingerprint density at radius 3 is 3.00 bits per heavy atom. The van der Waals surface area contributed by atoms with Crippen molar-refractivity contribution in [3.63, 3.8) is 0 Å². The van der Waals surface area contributed by atoms with E-state index in [2.05, 4.69) is 5.73 Å². The van der Waals surface area contributed by atoms with Crippen molar-refractivity contribution < 1.29 is 15.2 Å². The second kappa shape index (κ2) is 5.52. The number of ether oxygens (including phenoxy) is 2. The van der Waals surface area contributed by atoms with Gasteiger partial charge in [-0.3, -0.25) is 0 Å². The maximum atomic E-state index is 5.48. The predicted octanol–water partition coefficient (Wildman–Crippen LogP) is -0.186. The summed E-state index contributed by atoms with van der Waals surface area (Å²) in [5, 5.41) is 0. The van der Waals surface area contributed by atoms with E-state index in [4.69, 9.17) is 9.47 Å². The first kappa shape index (κ1) is 8.97. The summed E-state index contributed by atoms with van der Waals surface area (Å²) in [6.45, 7) is 3.29. The van der Waals surface area contributed by atoms with Crippen LogP contribution in [0.1, 0.15) is 19.3 Å². The molecule has 0 unspecified atom stereocenters. The van der Waals surface area contributed by atoms with E-state index in [0.717, 1.165) is 32.8 Å². The smallest absolute Gasteiger partial charge is 0.0977 e. The van der Waals surface area contributed by atoms with Gasteiger partial charge in [-0.15, -0.1) is 0 Å². The molecule has 0 bridgehead atoms. The quantitative estimate of drug-likeness (QED) is 0.580. The van der Waals surface area contributed by atoms with Crippen molar-refractivity contribution in [1.82, 2.24) is 0 Å². The zero-order valence-corrected chi connectivity index (χ0v) is 7.05. The van der Waals surface area contributed by atoms with E-state index < -0.39 is 0 Å². The molecule has 66 valence electrons. The molecule has 11 heavy (non-hydrogen) atoms. The van der Waals surface area contributed by atoms with Crippen LogP contribution in [0.5, 0.6) is 0 Å². The average molecular weight is 160 g/mol. The highest BCUT2D eigenvalue weighted by atomic mass is 16.5. The lowest BCUT2D eigenvalue weighted by Crippen LogP contribution is -2.52. The molecule has 3 N–H and O–H groups in total. The minimum absolute atomic E-state index is 0.357. The molecule has 0 amide bonds. The molecule has 0 aliphatic carbocycles. The third-order valence-corrected chi connectivity index (χ3v) is 1.87. The van der Waals surface area contributed by atoms with E-state index in [-0.39, 0.29) is 0 Å². The molecule has 0 aromatic rings. The Bertz CT molecular complexity index is 92.1. The number of rotatable bonds is 4. The van der Waals surface area contributed by atoms with Crippen LogP contribution in [0.15, 0.2) is 0 Å². The Morgan fingerprint density at radius 1 is 1.45 bits per heavy atom. The molecule has 1 rings (SSSR count). The van der Waals surface area contributed by atoms with Crippen molar-refractivity contribution >= 4 is 0 Å². The highest BCUT2D eigenvalue weighted by Gasteiger charge is 2.13. The Kier molecular flexibility index (Phi) is 4.50. The molecule has 0 spiro atoms. The van der Waals surface area contributed by atoms with Crippen molar-refractivity contribution in [2.45, 2.75) is 25.4 Å². The van der Waals surface area contributed by atoms with Crippen LogP contribution in [-0.2, 0) is 9.47 Å². The summed E-state index contributed by atoms with van der Waals surface area (Å²) in [5.41, 5.74) is 3.70. The van der Waals surface area contributed by atoms with E-state index in [9.17, 15) is 0 Å². The maximum absolute atomic E-state index is 5.48. The van der Waals surface area contributed by atoms with E-state index in [1.807, 2.05) is 0 Å². The fourth-order valence-electron chi connectivity index (χ4n) is 1.26. The second-order valence-corrected chi connectivity index (χ2v) is 2.92. The molecule has 1 heterocycles. The van der Waals surface area contributed by atoms with Crippen LogP contribution in [0.2, 0.25) is 0 Å². The van der Waals surface area contributed by atoms with Gasteiger partial charge in [0.2, 0.25) is 0 Å². The van der Waals surface area contributed by atoms with Crippen LogP contribution in [0.3, 0.4) is 0 Å². The fraction of sp³-hybridized carbons (Fsp3) is 1.00. The van der Waals surface area contributed by atoms with Crippen LogP contribution < -0.4 is 5.73 Å². The van der Waals surface area contributed by atoms with E-state index >= 15 is 0 Å². The first-order valence-corrected chi connectivity index (χ1v) is 4.42. The van der Waals surface area contributed by atoms with E-state index in [1.165, 1.54) is 12.8 Å². The summed E-state index contributed by atoms with van der Waals surface area (Å²) in [6.07, 6.45) is 4.02. The van der Waals surface area contributed by atoms with Crippen molar-refractivity contribution in [1.29, 1.82) is 0 Å². The first-order valence-electron chi connectivity index (χ1n) is 4.42. The van der Waals surface area contributed by atoms with Gasteiger partial charge in [-0.25, -0.2) is 0 Å². The van der Waals surface area contributed by atoms with Crippen molar-refractivity contribution in [3.05, 3.63) is 0 Å². The minimum Gasteiger partial charge on any atom is -0.376 e. The van der Waals surface area contributed by atoms with Crippen LogP contribution in [0.4, 0.5) is 0 Å². The Balaban J connectivity index is 1.96. The lowest BCUT2D eigenvalue weighted by Gasteiger charge is -2.21. The largest absolute Gasteiger partial charge is 0.376 e. The standard InChI is InChI=1S/C8H17NO2/c9-4-6-10-7-8-3-1-2-5-11-8/h8H,1-7,9H2/p+1/t8-/m0/s1. The third kappa shape index (κ3) is 3.70. The van der Waals surface area contributed by atoms with Gasteiger partial charge in [-0.05, 0) is 19.3 Å². The first-order chi connectivity index (χ1) is 5.43. The molecule has 1 saturated heterocycles. The Morgan fingerprint density at radius 2 is 2.36 bits per heavy atom. The van der Waals surface area contributed by atoms with Crippen LogP contribution >= 0.6 is 0 Å². The van der Waals surface area contributed by atoms with Gasteiger partial charge in [0.05, 0.1) is 25.9 Å². The Hall–Kier alpha value is -0.120. The highest BCUT2D eigenvalue weighted by molar-refractivity contribution is 4.61. The minimum atomic E-state index is 0.357. The molecule has 1 atom stereocenters. The molecule has 0 aromatic heterocycles. The summed E-state index contributed by atoms with van der Waals surface area (Å²) in [7, 11) is 0. The molecule has 0 radical (unpaired) electrons. The van der Waals surface area contributed by atoms with Crippen molar-refractivity contribution in [2.24, 2.45) is 0 Å². The lowest BCUT2D eigenvalue weighted by atomic mass is 10.1. The molecule has 1 aliphatic rings. The van der Waals surface area contributed by atoms with Crippen LogP contribution in [0.25, 0.3) is 0 Å². The van der Waals surface area contributed by atoms with Gasteiger partial charge in [0.1, 0.15) is 0 Å². The van der Waals surface area contributed by atoms with Gasteiger partial charge in [0, 0.05) is 6.61 Å². The zero-order valence-electron chi connectivity index (χ0n) is 7.05. The number of hydrogen-bond donors (Lipinski definition) is 1. The zero-order chi connectivity index (χ0) is 7.94. The van der Waals surface area contributed by atoms with Gasteiger partial charge in [-0.1, -0.05) is 0 Å². The van der Waals surface area contributed by atoms with Gasteiger partial charge < -0.3 is 15.2 Å². The second-order valence-electron chi connectivity index (χ2n) is 2.92. The van der Waals surface area contributed by atoms with Gasteiger partial charge in [0.25, 0.3) is 0 Å². The summed E-state index contributed by atoms with van der Waals surface area (Å²) < 4.78 is 10.8. The topological polar surface area (TPSA) is 46.1 Å². The van der Waals surface area contributed by atoms with E-state index in [0.29, 0.717) is 6.10 Å². The summed E-state index contributed by atoms with van der Waals surface area (Å²) >= 11 is 0. The van der Waals surface area contributed by atoms with Crippen molar-refractivity contribution in [3.8, 4) is 0 Å². The van der Waals surface area contributed by atoms with Gasteiger partial charge >= 0.3 is 0 Å². The summed E-state index contributed by atoms with van der Waals surface area (Å²) in [6, 6.07) is 0. The summed E-state index contributed by atoms with van der Waals surface area (Å²) in [5.74, 6) is 0. The lowest BCUT2D eigenvalue weighted by molar-refractivity contribution is -0.374. The Labute approximate surface area is 67.9 Å². The number of quaternary nitrogens is 1. The normalized spacial score (nSPS) is 25.4. The molecule has 0 aromatic carbocycles. The maximum Gasteiger partial charge on any atom is 0.0977 e. The van der Waals surface area contributed by atoms with Crippen LogP contribution in [0, 0.1) is 0 Å². The molecule has 1 aliphatic heterocycles. The fourth-order valence-corrected chi connectivity index (χ4v) is 1.26.